The van der Waals surface area contributed by atoms with E-state index in [0.717, 1.165) is 5.56 Å². The predicted octanol–water partition coefficient (Wildman–Crippen LogP) is 3.14. The molecule has 0 heterocycles. The minimum atomic E-state index is -0.463. The second-order valence-corrected chi connectivity index (χ2v) is 3.46. The summed E-state index contributed by atoms with van der Waals surface area (Å²) < 4.78 is 0. The maximum atomic E-state index is 11.4. The Kier molecular flexibility index (Phi) is 3.26. The van der Waals surface area contributed by atoms with Crippen LogP contribution in [0.5, 0.6) is 0 Å². The molecule has 2 heteroatoms. The normalized spacial score (nSPS) is 12.2. The molecule has 68 valence electrons. The van der Waals surface area contributed by atoms with Gasteiger partial charge in [-0.1, -0.05) is 36.9 Å². The minimum Gasteiger partial charge on any atom is -0.293 e. The minimum absolute atomic E-state index is 0.0442. The highest BCUT2D eigenvalue weighted by Gasteiger charge is 2.10. The lowest BCUT2D eigenvalue weighted by molar-refractivity contribution is 0.0992. The van der Waals surface area contributed by atoms with E-state index in [1.165, 1.54) is 0 Å². The largest absolute Gasteiger partial charge is 0.293 e. The molecular weight excluding hydrogens is 184 g/mol. The van der Waals surface area contributed by atoms with Gasteiger partial charge >= 0.3 is 0 Å². The van der Waals surface area contributed by atoms with Crippen LogP contribution >= 0.6 is 11.6 Å². The summed E-state index contributed by atoms with van der Waals surface area (Å²) >= 11 is 5.67. The molecule has 0 saturated carbocycles. The van der Waals surface area contributed by atoms with Crippen molar-refractivity contribution in [3.63, 3.8) is 0 Å². The molecule has 0 aliphatic heterocycles. The van der Waals surface area contributed by atoms with E-state index in [4.69, 9.17) is 11.6 Å². The molecule has 1 aromatic carbocycles. The van der Waals surface area contributed by atoms with Gasteiger partial charge in [-0.15, -0.1) is 11.6 Å². The van der Waals surface area contributed by atoms with E-state index in [0.29, 0.717) is 5.56 Å². The van der Waals surface area contributed by atoms with Gasteiger partial charge in [-0.3, -0.25) is 4.79 Å². The molecule has 1 aromatic rings. The number of carbonyl (C=O) groups excluding carboxylic acids is 1. The molecule has 1 unspecified atom stereocenters. The van der Waals surface area contributed by atoms with Gasteiger partial charge in [0.05, 0.1) is 5.38 Å². The number of hydrogen-bond acceptors (Lipinski definition) is 1. The van der Waals surface area contributed by atoms with Crippen LogP contribution in [0.25, 0.3) is 6.08 Å². The summed E-state index contributed by atoms with van der Waals surface area (Å²) in [6, 6.07) is 7.22. The van der Waals surface area contributed by atoms with E-state index in [-0.39, 0.29) is 5.78 Å². The quantitative estimate of drug-likeness (QED) is 0.534. The van der Waals surface area contributed by atoms with Crippen molar-refractivity contribution in [3.05, 3.63) is 42.0 Å². The summed E-state index contributed by atoms with van der Waals surface area (Å²) in [5, 5.41) is -0.463. The molecule has 0 aliphatic rings. The zero-order chi connectivity index (χ0) is 9.84. The van der Waals surface area contributed by atoms with Crippen molar-refractivity contribution in [2.24, 2.45) is 0 Å². The third-order valence-electron chi connectivity index (χ3n) is 1.79. The highest BCUT2D eigenvalue weighted by atomic mass is 35.5. The van der Waals surface area contributed by atoms with Crippen molar-refractivity contribution in [1.29, 1.82) is 0 Å². The lowest BCUT2D eigenvalue weighted by Gasteiger charge is -2.02. The number of rotatable bonds is 3. The van der Waals surface area contributed by atoms with Crippen molar-refractivity contribution in [1.82, 2.24) is 0 Å². The number of alkyl halides is 1. The van der Waals surface area contributed by atoms with E-state index in [2.05, 4.69) is 6.58 Å². The summed E-state index contributed by atoms with van der Waals surface area (Å²) in [5.74, 6) is -0.0442. The fraction of sp³-hybridized carbons (Fsp3) is 0.182. The Bertz CT molecular complexity index is 311. The van der Waals surface area contributed by atoms with Crippen LogP contribution in [0.3, 0.4) is 0 Å². The van der Waals surface area contributed by atoms with Crippen molar-refractivity contribution in [2.45, 2.75) is 12.3 Å². The van der Waals surface area contributed by atoms with Gasteiger partial charge in [0.1, 0.15) is 0 Å². The molecule has 1 atom stereocenters. The van der Waals surface area contributed by atoms with Gasteiger partial charge in [0.25, 0.3) is 0 Å². The third-order valence-corrected chi connectivity index (χ3v) is 1.99. The van der Waals surface area contributed by atoms with Crippen LogP contribution in [-0.2, 0) is 0 Å². The standard InChI is InChI=1S/C11H11ClO/c1-3-9-4-6-10(7-5-9)11(13)8(2)12/h3-8H,1H2,2H3. The number of ketones is 1. The van der Waals surface area contributed by atoms with E-state index in [1.807, 2.05) is 12.1 Å². The van der Waals surface area contributed by atoms with Crippen LogP contribution in [-0.4, -0.2) is 11.2 Å². The molecule has 0 spiro atoms. The predicted molar refractivity (Wildman–Crippen MR) is 56.2 cm³/mol. The summed E-state index contributed by atoms with van der Waals surface area (Å²) in [6.45, 7) is 5.30. The van der Waals surface area contributed by atoms with Gasteiger partial charge in [-0.2, -0.15) is 0 Å². The van der Waals surface area contributed by atoms with Gasteiger partial charge in [0, 0.05) is 5.56 Å². The Hall–Kier alpha value is -1.08. The molecule has 0 saturated heterocycles. The SMILES string of the molecule is C=Cc1ccc(C(=O)C(C)Cl)cc1. The molecule has 0 bridgehead atoms. The Morgan fingerprint density at radius 3 is 2.38 bits per heavy atom. The molecule has 0 aliphatic carbocycles. The molecule has 1 rings (SSSR count). The van der Waals surface area contributed by atoms with Crippen LogP contribution in [0.2, 0.25) is 0 Å². The molecule has 0 fully saturated rings. The molecule has 0 amide bonds. The van der Waals surface area contributed by atoms with Gasteiger partial charge in [0.15, 0.2) is 5.78 Å². The Morgan fingerprint density at radius 2 is 2.00 bits per heavy atom. The maximum absolute atomic E-state index is 11.4. The molecule has 0 N–H and O–H groups in total. The molecule has 13 heavy (non-hydrogen) atoms. The molecule has 0 aromatic heterocycles. The van der Waals surface area contributed by atoms with Gasteiger partial charge < -0.3 is 0 Å². The van der Waals surface area contributed by atoms with Crippen molar-refractivity contribution in [3.8, 4) is 0 Å². The van der Waals surface area contributed by atoms with E-state index in [1.54, 1.807) is 25.1 Å². The average Bonchev–Trinajstić information content (AvgIpc) is 2.17. The summed E-state index contributed by atoms with van der Waals surface area (Å²) in [5.41, 5.74) is 1.65. The number of halogens is 1. The highest BCUT2D eigenvalue weighted by Crippen LogP contribution is 2.10. The van der Waals surface area contributed by atoms with Crippen molar-refractivity contribution in [2.75, 3.05) is 0 Å². The van der Waals surface area contributed by atoms with E-state index in [9.17, 15) is 4.79 Å². The van der Waals surface area contributed by atoms with Gasteiger partial charge in [-0.25, -0.2) is 0 Å². The van der Waals surface area contributed by atoms with E-state index < -0.39 is 5.38 Å². The topological polar surface area (TPSA) is 17.1 Å². The maximum Gasteiger partial charge on any atom is 0.180 e. The van der Waals surface area contributed by atoms with Crippen LogP contribution in [0.4, 0.5) is 0 Å². The second kappa shape index (κ2) is 4.24. The fourth-order valence-corrected chi connectivity index (χ4v) is 1.14. The second-order valence-electron chi connectivity index (χ2n) is 2.81. The smallest absolute Gasteiger partial charge is 0.180 e. The number of benzene rings is 1. The summed E-state index contributed by atoms with van der Waals surface area (Å²) in [6.07, 6.45) is 1.73. The Morgan fingerprint density at radius 1 is 1.46 bits per heavy atom. The van der Waals surface area contributed by atoms with Crippen molar-refractivity contribution >= 4 is 23.5 Å². The first-order chi connectivity index (χ1) is 6.15. The lowest BCUT2D eigenvalue weighted by Crippen LogP contribution is -2.09. The summed E-state index contributed by atoms with van der Waals surface area (Å²) in [4.78, 5) is 11.4. The first-order valence-electron chi connectivity index (χ1n) is 4.06. The Labute approximate surface area is 83.0 Å². The van der Waals surface area contributed by atoms with Crippen LogP contribution < -0.4 is 0 Å². The van der Waals surface area contributed by atoms with E-state index >= 15 is 0 Å². The molecule has 1 nitrogen and oxygen atoms in total. The van der Waals surface area contributed by atoms with Crippen molar-refractivity contribution < 1.29 is 4.79 Å². The number of hydrogen-bond donors (Lipinski definition) is 0. The fourth-order valence-electron chi connectivity index (χ4n) is 1.01. The zero-order valence-corrected chi connectivity index (χ0v) is 8.21. The first kappa shape index (κ1) is 10.0. The molecule has 0 radical (unpaired) electrons. The summed E-state index contributed by atoms with van der Waals surface area (Å²) in [7, 11) is 0. The third kappa shape index (κ3) is 2.43. The lowest BCUT2D eigenvalue weighted by atomic mass is 10.1. The Balaban J connectivity index is 2.92. The number of carbonyl (C=O) groups is 1. The van der Waals surface area contributed by atoms with Gasteiger partial charge in [-0.05, 0) is 12.5 Å². The monoisotopic (exact) mass is 194 g/mol. The van der Waals surface area contributed by atoms with Gasteiger partial charge in [0.2, 0.25) is 0 Å². The van der Waals surface area contributed by atoms with Crippen LogP contribution in [0.1, 0.15) is 22.8 Å². The van der Waals surface area contributed by atoms with Crippen LogP contribution in [0.15, 0.2) is 30.8 Å². The zero-order valence-electron chi connectivity index (χ0n) is 7.46. The number of Topliss-reactive ketones (excluding diaryl/α,β-unsaturated/α-hetero) is 1. The van der Waals surface area contributed by atoms with Crippen LogP contribution in [0, 0.1) is 0 Å². The molecular formula is C11H11ClO. The highest BCUT2D eigenvalue weighted by molar-refractivity contribution is 6.33. The first-order valence-corrected chi connectivity index (χ1v) is 4.49. The average molecular weight is 195 g/mol.